The molecule has 0 amide bonds. The lowest BCUT2D eigenvalue weighted by Gasteiger charge is -2.07. The summed E-state index contributed by atoms with van der Waals surface area (Å²) in [5.74, 6) is -0.781. The average molecular weight is 480 g/mol. The second-order valence-electron chi connectivity index (χ2n) is 8.97. The Bertz CT molecular complexity index is 757. The zero-order valence-corrected chi connectivity index (χ0v) is 21.4. The third-order valence-corrected chi connectivity index (χ3v) is 7.37. The van der Waals surface area contributed by atoms with Crippen molar-refractivity contribution in [2.45, 2.75) is 103 Å². The SMILES string of the molecule is CCCCCCCCCCCCCCCCS(=O)(=O)NCCc1ccc(/C=C/C(=O)O)cc1. The number of carbonyl (C=O) groups is 1. The predicted octanol–water partition coefficient (Wildman–Crippen LogP) is 6.73. The summed E-state index contributed by atoms with van der Waals surface area (Å²) in [6.07, 6.45) is 20.8. The van der Waals surface area contributed by atoms with Crippen LogP contribution in [0.5, 0.6) is 0 Å². The number of nitrogens with one attached hydrogen (secondary N) is 1. The van der Waals surface area contributed by atoms with Gasteiger partial charge in [0, 0.05) is 12.6 Å². The molecular weight excluding hydrogens is 434 g/mol. The van der Waals surface area contributed by atoms with E-state index in [0.29, 0.717) is 13.0 Å². The smallest absolute Gasteiger partial charge is 0.328 e. The zero-order valence-electron chi connectivity index (χ0n) is 20.6. The molecule has 0 aliphatic carbocycles. The molecule has 188 valence electrons. The Morgan fingerprint density at radius 2 is 1.30 bits per heavy atom. The van der Waals surface area contributed by atoms with Crippen LogP contribution in [-0.2, 0) is 21.2 Å². The molecule has 1 rings (SSSR count). The second-order valence-corrected chi connectivity index (χ2v) is 10.9. The molecule has 0 radical (unpaired) electrons. The van der Waals surface area contributed by atoms with Gasteiger partial charge in [0.2, 0.25) is 10.0 Å². The van der Waals surface area contributed by atoms with E-state index < -0.39 is 16.0 Å². The Kier molecular flexibility index (Phi) is 16.7. The van der Waals surface area contributed by atoms with Crippen LogP contribution in [0, 0.1) is 0 Å². The van der Waals surface area contributed by atoms with Crippen LogP contribution >= 0.6 is 0 Å². The van der Waals surface area contributed by atoms with Crippen LogP contribution in [0.15, 0.2) is 30.3 Å². The highest BCUT2D eigenvalue weighted by molar-refractivity contribution is 7.89. The van der Waals surface area contributed by atoms with Crippen molar-refractivity contribution in [1.82, 2.24) is 4.72 Å². The topological polar surface area (TPSA) is 83.5 Å². The largest absolute Gasteiger partial charge is 0.478 e. The Morgan fingerprint density at radius 1 is 0.818 bits per heavy atom. The first kappa shape index (κ1) is 29.4. The van der Waals surface area contributed by atoms with Crippen molar-refractivity contribution in [2.24, 2.45) is 0 Å². The molecule has 0 aliphatic rings. The molecule has 0 aliphatic heterocycles. The fourth-order valence-corrected chi connectivity index (χ4v) is 5.01. The monoisotopic (exact) mass is 479 g/mol. The summed E-state index contributed by atoms with van der Waals surface area (Å²) < 4.78 is 27.0. The molecule has 0 atom stereocenters. The highest BCUT2D eigenvalue weighted by Gasteiger charge is 2.09. The van der Waals surface area contributed by atoms with Gasteiger partial charge in [-0.2, -0.15) is 0 Å². The van der Waals surface area contributed by atoms with Crippen molar-refractivity contribution >= 4 is 22.1 Å². The van der Waals surface area contributed by atoms with Crippen LogP contribution in [0.4, 0.5) is 0 Å². The molecule has 0 saturated carbocycles. The summed E-state index contributed by atoms with van der Waals surface area (Å²) in [4.78, 5) is 10.5. The second kappa shape index (κ2) is 18.7. The van der Waals surface area contributed by atoms with Crippen molar-refractivity contribution < 1.29 is 18.3 Å². The summed E-state index contributed by atoms with van der Waals surface area (Å²) in [7, 11) is -3.22. The molecule has 0 spiro atoms. The first-order chi connectivity index (χ1) is 15.9. The molecule has 1 aromatic rings. The average Bonchev–Trinajstić information content (AvgIpc) is 2.78. The number of aliphatic carboxylic acids is 1. The quantitative estimate of drug-likeness (QED) is 0.151. The first-order valence-corrected chi connectivity index (χ1v) is 14.6. The summed E-state index contributed by atoms with van der Waals surface area (Å²) in [6, 6.07) is 7.45. The highest BCUT2D eigenvalue weighted by Crippen LogP contribution is 2.13. The van der Waals surface area contributed by atoms with Gasteiger partial charge in [0.1, 0.15) is 0 Å². The number of benzene rings is 1. The number of sulfonamides is 1. The van der Waals surface area contributed by atoms with Crippen LogP contribution in [0.25, 0.3) is 6.08 Å². The van der Waals surface area contributed by atoms with Crippen LogP contribution in [0.3, 0.4) is 0 Å². The van der Waals surface area contributed by atoms with E-state index in [1.807, 2.05) is 24.3 Å². The minimum atomic E-state index is -3.22. The fraction of sp³-hybridized carbons (Fsp3) is 0.667. The first-order valence-electron chi connectivity index (χ1n) is 12.9. The van der Waals surface area contributed by atoms with Crippen molar-refractivity contribution in [3.8, 4) is 0 Å². The number of hydrogen-bond donors (Lipinski definition) is 2. The van der Waals surface area contributed by atoms with E-state index in [-0.39, 0.29) is 5.75 Å². The van der Waals surface area contributed by atoms with E-state index in [4.69, 9.17) is 5.11 Å². The normalized spacial score (nSPS) is 11.9. The molecule has 0 bridgehead atoms. The molecule has 0 heterocycles. The summed E-state index contributed by atoms with van der Waals surface area (Å²) in [6.45, 7) is 2.64. The van der Waals surface area contributed by atoms with E-state index in [9.17, 15) is 13.2 Å². The van der Waals surface area contributed by atoms with E-state index in [2.05, 4.69) is 11.6 Å². The Labute approximate surface area is 202 Å². The van der Waals surface area contributed by atoms with Gasteiger partial charge in [0.15, 0.2) is 0 Å². The molecule has 1 aromatic carbocycles. The molecular formula is C27H45NO4S. The Hall–Kier alpha value is -1.66. The molecule has 6 heteroatoms. The van der Waals surface area contributed by atoms with Gasteiger partial charge in [0.25, 0.3) is 0 Å². The number of carboxylic acid groups (broad SMARTS) is 1. The number of unbranched alkanes of at least 4 members (excludes halogenated alkanes) is 13. The fourth-order valence-electron chi connectivity index (χ4n) is 3.87. The number of hydrogen-bond acceptors (Lipinski definition) is 3. The lowest BCUT2D eigenvalue weighted by atomic mass is 10.0. The van der Waals surface area contributed by atoms with Crippen LogP contribution in [0.2, 0.25) is 0 Å². The lowest BCUT2D eigenvalue weighted by Crippen LogP contribution is -2.28. The van der Waals surface area contributed by atoms with Gasteiger partial charge in [0.05, 0.1) is 5.75 Å². The molecule has 0 saturated heterocycles. The van der Waals surface area contributed by atoms with Gasteiger partial charge in [-0.05, 0) is 30.0 Å². The molecule has 0 aromatic heterocycles. The maximum atomic E-state index is 12.2. The van der Waals surface area contributed by atoms with Crippen molar-refractivity contribution in [3.05, 3.63) is 41.5 Å². The summed E-state index contributed by atoms with van der Waals surface area (Å²) in [5.41, 5.74) is 1.82. The maximum Gasteiger partial charge on any atom is 0.328 e. The minimum Gasteiger partial charge on any atom is -0.478 e. The van der Waals surface area contributed by atoms with Crippen LogP contribution in [-0.4, -0.2) is 31.8 Å². The predicted molar refractivity (Wildman–Crippen MR) is 139 cm³/mol. The van der Waals surface area contributed by atoms with E-state index in [1.54, 1.807) is 0 Å². The number of rotatable bonds is 21. The third-order valence-electron chi connectivity index (χ3n) is 5.90. The van der Waals surface area contributed by atoms with Gasteiger partial charge in [-0.1, -0.05) is 115 Å². The van der Waals surface area contributed by atoms with E-state index in [1.165, 1.54) is 76.7 Å². The maximum absolute atomic E-state index is 12.2. The lowest BCUT2D eigenvalue weighted by molar-refractivity contribution is -0.131. The molecule has 5 nitrogen and oxygen atoms in total. The van der Waals surface area contributed by atoms with Gasteiger partial charge >= 0.3 is 5.97 Å². The Morgan fingerprint density at radius 3 is 1.79 bits per heavy atom. The van der Waals surface area contributed by atoms with Gasteiger partial charge in [-0.25, -0.2) is 17.9 Å². The van der Waals surface area contributed by atoms with Crippen LogP contribution < -0.4 is 4.72 Å². The minimum absolute atomic E-state index is 0.198. The van der Waals surface area contributed by atoms with E-state index >= 15 is 0 Å². The molecule has 0 fully saturated rings. The van der Waals surface area contributed by atoms with Crippen molar-refractivity contribution in [3.63, 3.8) is 0 Å². The third kappa shape index (κ3) is 17.5. The molecule has 0 unspecified atom stereocenters. The Balaban J connectivity index is 2.00. The number of carboxylic acids is 1. The molecule has 33 heavy (non-hydrogen) atoms. The molecule has 2 N–H and O–H groups in total. The van der Waals surface area contributed by atoms with Crippen molar-refractivity contribution in [2.75, 3.05) is 12.3 Å². The van der Waals surface area contributed by atoms with Gasteiger partial charge in [-0.3, -0.25) is 0 Å². The zero-order chi connectivity index (χ0) is 24.2. The highest BCUT2D eigenvalue weighted by atomic mass is 32.2. The summed E-state index contributed by atoms with van der Waals surface area (Å²) in [5, 5.41) is 8.65. The van der Waals surface area contributed by atoms with Gasteiger partial charge in [-0.15, -0.1) is 0 Å². The van der Waals surface area contributed by atoms with Crippen LogP contribution in [0.1, 0.15) is 108 Å². The van der Waals surface area contributed by atoms with Gasteiger partial charge < -0.3 is 5.11 Å². The standard InChI is InChI=1S/C27H45NO4S/c1-2-3-4-5-6-7-8-9-10-11-12-13-14-15-24-33(31,32)28-23-22-26-18-16-25(17-19-26)20-21-27(29)30/h16-21,28H,2-15,22-24H2,1H3,(H,29,30)/b21-20+. The van der Waals surface area contributed by atoms with Crippen molar-refractivity contribution in [1.29, 1.82) is 0 Å². The van der Waals surface area contributed by atoms with E-state index in [0.717, 1.165) is 36.5 Å². The summed E-state index contributed by atoms with van der Waals surface area (Å²) >= 11 is 0.